The monoisotopic (exact) mass is 279 g/mol. The Morgan fingerprint density at radius 1 is 1.26 bits per heavy atom. The van der Waals surface area contributed by atoms with E-state index in [0.29, 0.717) is 12.4 Å². The number of rotatable bonds is 6. The summed E-state index contributed by atoms with van der Waals surface area (Å²) in [6.07, 6.45) is 0. The van der Waals surface area contributed by atoms with E-state index in [2.05, 4.69) is 23.3 Å². The standard InChI is InChI=1S/C15H18FNOS/c1-12-7-10-19-15(12)11-17(2)8-9-18-14-6-4-3-5-13(14)16/h3-7,10H,8-9,11H2,1-2H3. The Morgan fingerprint density at radius 3 is 2.74 bits per heavy atom. The molecule has 0 aliphatic rings. The minimum absolute atomic E-state index is 0.306. The fourth-order valence-electron chi connectivity index (χ4n) is 1.76. The third-order valence-corrected chi connectivity index (χ3v) is 3.96. The summed E-state index contributed by atoms with van der Waals surface area (Å²) in [6, 6.07) is 8.63. The van der Waals surface area contributed by atoms with Crippen molar-refractivity contribution in [2.24, 2.45) is 0 Å². The molecule has 2 nitrogen and oxygen atoms in total. The van der Waals surface area contributed by atoms with Gasteiger partial charge in [0.15, 0.2) is 11.6 Å². The zero-order valence-corrected chi connectivity index (χ0v) is 12.0. The molecule has 0 bridgehead atoms. The summed E-state index contributed by atoms with van der Waals surface area (Å²) >= 11 is 1.77. The van der Waals surface area contributed by atoms with Gasteiger partial charge in [-0.2, -0.15) is 0 Å². The Balaban J connectivity index is 1.77. The summed E-state index contributed by atoms with van der Waals surface area (Å²) < 4.78 is 18.8. The van der Waals surface area contributed by atoms with E-state index < -0.39 is 0 Å². The average molecular weight is 279 g/mol. The molecule has 4 heteroatoms. The first-order valence-corrected chi connectivity index (χ1v) is 7.13. The van der Waals surface area contributed by atoms with Crippen molar-refractivity contribution in [1.29, 1.82) is 0 Å². The smallest absolute Gasteiger partial charge is 0.165 e. The predicted molar refractivity (Wildman–Crippen MR) is 77.3 cm³/mol. The number of hydrogen-bond donors (Lipinski definition) is 0. The zero-order valence-electron chi connectivity index (χ0n) is 11.2. The molecule has 2 rings (SSSR count). The van der Waals surface area contributed by atoms with Crippen LogP contribution in [-0.4, -0.2) is 25.1 Å². The van der Waals surface area contributed by atoms with Crippen molar-refractivity contribution < 1.29 is 9.13 Å². The molecule has 0 aliphatic heterocycles. The van der Waals surface area contributed by atoms with Crippen molar-refractivity contribution in [2.45, 2.75) is 13.5 Å². The molecule has 0 fully saturated rings. The third-order valence-electron chi connectivity index (χ3n) is 2.95. The van der Waals surface area contributed by atoms with E-state index in [-0.39, 0.29) is 5.82 Å². The number of halogens is 1. The van der Waals surface area contributed by atoms with Crippen LogP contribution in [0.2, 0.25) is 0 Å². The molecule has 0 aliphatic carbocycles. The van der Waals surface area contributed by atoms with Gasteiger partial charge in [-0.05, 0) is 43.1 Å². The molecule has 2 aromatic rings. The molecular weight excluding hydrogens is 261 g/mol. The third kappa shape index (κ3) is 4.04. The summed E-state index contributed by atoms with van der Waals surface area (Å²) in [4.78, 5) is 3.55. The first kappa shape index (κ1) is 14.0. The van der Waals surface area contributed by atoms with Crippen LogP contribution in [0.15, 0.2) is 35.7 Å². The molecule has 1 heterocycles. The lowest BCUT2D eigenvalue weighted by atomic mass is 10.3. The number of nitrogens with zero attached hydrogens (tertiary/aromatic N) is 1. The topological polar surface area (TPSA) is 12.5 Å². The number of benzene rings is 1. The molecule has 0 saturated carbocycles. The Bertz CT molecular complexity index is 526. The number of para-hydroxylation sites is 1. The Morgan fingerprint density at radius 2 is 2.05 bits per heavy atom. The average Bonchev–Trinajstić information content (AvgIpc) is 2.77. The van der Waals surface area contributed by atoms with Gasteiger partial charge in [-0.15, -0.1) is 11.3 Å². The molecular formula is C15H18FNOS. The number of thiophene rings is 1. The van der Waals surface area contributed by atoms with Gasteiger partial charge in [-0.1, -0.05) is 12.1 Å². The van der Waals surface area contributed by atoms with Gasteiger partial charge in [0.2, 0.25) is 0 Å². The highest BCUT2D eigenvalue weighted by atomic mass is 32.1. The minimum atomic E-state index is -0.306. The minimum Gasteiger partial charge on any atom is -0.489 e. The maximum atomic E-state index is 13.3. The van der Waals surface area contributed by atoms with E-state index in [0.717, 1.165) is 13.1 Å². The second-order valence-electron chi connectivity index (χ2n) is 4.54. The largest absolute Gasteiger partial charge is 0.489 e. The van der Waals surface area contributed by atoms with Gasteiger partial charge in [-0.3, -0.25) is 4.90 Å². The number of likely N-dealkylation sites (N-methyl/N-ethyl adjacent to an activating group) is 1. The SMILES string of the molecule is Cc1ccsc1CN(C)CCOc1ccccc1F. The van der Waals surface area contributed by atoms with Crippen molar-refractivity contribution in [2.75, 3.05) is 20.2 Å². The predicted octanol–water partition coefficient (Wildman–Crippen LogP) is 3.71. The quantitative estimate of drug-likeness (QED) is 0.799. The Kier molecular flexibility index (Phi) is 4.93. The number of ether oxygens (including phenoxy) is 1. The van der Waals surface area contributed by atoms with Crippen LogP contribution in [0.5, 0.6) is 5.75 Å². The van der Waals surface area contributed by atoms with Gasteiger partial charge in [0.25, 0.3) is 0 Å². The normalized spacial score (nSPS) is 10.9. The number of hydrogen-bond acceptors (Lipinski definition) is 3. The van der Waals surface area contributed by atoms with E-state index in [1.54, 1.807) is 29.5 Å². The van der Waals surface area contributed by atoms with E-state index in [9.17, 15) is 4.39 Å². The van der Waals surface area contributed by atoms with Crippen molar-refractivity contribution >= 4 is 11.3 Å². The molecule has 0 amide bonds. The summed E-state index contributed by atoms with van der Waals surface area (Å²) in [5.41, 5.74) is 1.33. The highest BCUT2D eigenvalue weighted by Crippen LogP contribution is 2.18. The molecule has 0 saturated heterocycles. The summed E-state index contributed by atoms with van der Waals surface area (Å²) in [7, 11) is 2.05. The van der Waals surface area contributed by atoms with Crippen LogP contribution in [0.25, 0.3) is 0 Å². The van der Waals surface area contributed by atoms with E-state index in [4.69, 9.17) is 4.74 Å². The molecule has 102 valence electrons. The van der Waals surface area contributed by atoms with Crippen molar-refractivity contribution in [3.8, 4) is 5.75 Å². The molecule has 0 spiro atoms. The summed E-state index contributed by atoms with van der Waals surface area (Å²) in [6.45, 7) is 4.28. The van der Waals surface area contributed by atoms with Crippen molar-refractivity contribution in [1.82, 2.24) is 4.90 Å². The van der Waals surface area contributed by atoms with Crippen LogP contribution in [0, 0.1) is 12.7 Å². The zero-order chi connectivity index (χ0) is 13.7. The van der Waals surface area contributed by atoms with Gasteiger partial charge in [0.05, 0.1) is 0 Å². The summed E-state index contributed by atoms with van der Waals surface area (Å²) in [5, 5.41) is 2.11. The molecule has 0 radical (unpaired) electrons. The van der Waals surface area contributed by atoms with Crippen LogP contribution in [-0.2, 0) is 6.54 Å². The first-order chi connectivity index (χ1) is 9.16. The maximum absolute atomic E-state index is 13.3. The van der Waals surface area contributed by atoms with Crippen molar-refractivity contribution in [3.05, 3.63) is 52.0 Å². The highest BCUT2D eigenvalue weighted by molar-refractivity contribution is 7.10. The molecule has 0 N–H and O–H groups in total. The molecule has 1 aromatic heterocycles. The maximum Gasteiger partial charge on any atom is 0.165 e. The first-order valence-electron chi connectivity index (χ1n) is 6.25. The summed E-state index contributed by atoms with van der Waals surface area (Å²) in [5.74, 6) is 0.0162. The molecule has 19 heavy (non-hydrogen) atoms. The van der Waals surface area contributed by atoms with Crippen LogP contribution in [0.1, 0.15) is 10.4 Å². The van der Waals surface area contributed by atoms with Gasteiger partial charge in [-0.25, -0.2) is 4.39 Å². The van der Waals surface area contributed by atoms with Crippen LogP contribution < -0.4 is 4.74 Å². The Hall–Kier alpha value is -1.39. The molecule has 1 aromatic carbocycles. The number of aryl methyl sites for hydroxylation is 1. The molecule has 0 atom stereocenters. The van der Waals surface area contributed by atoms with Crippen LogP contribution >= 0.6 is 11.3 Å². The second kappa shape index (κ2) is 6.68. The van der Waals surface area contributed by atoms with Gasteiger partial charge < -0.3 is 4.74 Å². The fourth-order valence-corrected chi connectivity index (χ4v) is 2.75. The van der Waals surface area contributed by atoms with Crippen LogP contribution in [0.4, 0.5) is 4.39 Å². The van der Waals surface area contributed by atoms with E-state index in [1.165, 1.54) is 16.5 Å². The lowest BCUT2D eigenvalue weighted by Crippen LogP contribution is -2.23. The highest BCUT2D eigenvalue weighted by Gasteiger charge is 2.06. The Labute approximate surface area is 117 Å². The van der Waals surface area contributed by atoms with E-state index in [1.807, 2.05) is 7.05 Å². The lowest BCUT2D eigenvalue weighted by molar-refractivity contribution is 0.227. The molecule has 0 unspecified atom stereocenters. The van der Waals surface area contributed by atoms with Gasteiger partial charge in [0, 0.05) is 18.0 Å². The van der Waals surface area contributed by atoms with Crippen molar-refractivity contribution in [3.63, 3.8) is 0 Å². The van der Waals surface area contributed by atoms with Crippen LogP contribution in [0.3, 0.4) is 0 Å². The lowest BCUT2D eigenvalue weighted by Gasteiger charge is -2.16. The van der Waals surface area contributed by atoms with Gasteiger partial charge in [0.1, 0.15) is 6.61 Å². The second-order valence-corrected chi connectivity index (χ2v) is 5.54. The van der Waals surface area contributed by atoms with E-state index >= 15 is 0 Å². The fraction of sp³-hybridized carbons (Fsp3) is 0.333. The van der Waals surface area contributed by atoms with Gasteiger partial charge >= 0.3 is 0 Å².